The van der Waals surface area contributed by atoms with Gasteiger partial charge >= 0.3 is 5.97 Å². The van der Waals surface area contributed by atoms with Crippen LogP contribution in [0.25, 0.3) is 21.5 Å². The number of aromatic hydroxyl groups is 1. The molecular formula is C19H14N2O4S. The van der Waals surface area contributed by atoms with Crippen molar-refractivity contribution in [3.05, 3.63) is 65.4 Å². The second-order valence-electron chi connectivity index (χ2n) is 5.65. The van der Waals surface area contributed by atoms with Crippen molar-refractivity contribution in [1.82, 2.24) is 10.2 Å². The number of phenolic OH excluding ortho intramolecular Hbond substituents is 1. The molecule has 2 heterocycles. The van der Waals surface area contributed by atoms with E-state index in [9.17, 15) is 9.90 Å². The van der Waals surface area contributed by atoms with Crippen LogP contribution < -0.4 is 0 Å². The van der Waals surface area contributed by atoms with Gasteiger partial charge in [0.05, 0.1) is 4.88 Å². The summed E-state index contributed by atoms with van der Waals surface area (Å²) in [5, 5.41) is 21.6. The van der Waals surface area contributed by atoms with Crippen LogP contribution in [0.15, 0.2) is 58.3 Å². The molecule has 7 heteroatoms. The van der Waals surface area contributed by atoms with Crippen molar-refractivity contribution in [3.63, 3.8) is 0 Å². The summed E-state index contributed by atoms with van der Waals surface area (Å²) in [5.74, 6) is -0.185. The van der Waals surface area contributed by atoms with Gasteiger partial charge in [0.15, 0.2) is 6.10 Å². The summed E-state index contributed by atoms with van der Waals surface area (Å²) < 4.78 is 11.0. The molecular weight excluding hydrogens is 352 g/mol. The van der Waals surface area contributed by atoms with Crippen LogP contribution in [0.1, 0.15) is 29.3 Å². The number of hydrogen-bond donors (Lipinski definition) is 1. The number of carbonyl (C=O) groups is 1. The zero-order valence-corrected chi connectivity index (χ0v) is 14.6. The molecule has 0 saturated carbocycles. The Labute approximate surface area is 152 Å². The number of phenols is 1. The molecule has 4 aromatic rings. The highest BCUT2D eigenvalue weighted by atomic mass is 32.1. The standard InChI is InChI=1S/C19H14N2O4S/c1-11(17-20-21-18(25-17)15-7-4-10-26-15)24-19(23)14-9-8-12-5-2-3-6-13(12)16(14)22/h2-11,22H,1H3/t11-/m0/s1. The predicted molar refractivity (Wildman–Crippen MR) is 97.1 cm³/mol. The number of ether oxygens (including phenoxy) is 1. The maximum Gasteiger partial charge on any atom is 0.342 e. The fraction of sp³-hybridized carbons (Fsp3) is 0.105. The highest BCUT2D eigenvalue weighted by Crippen LogP contribution is 2.31. The van der Waals surface area contributed by atoms with Gasteiger partial charge in [-0.3, -0.25) is 0 Å². The van der Waals surface area contributed by atoms with Gasteiger partial charge < -0.3 is 14.3 Å². The number of hydrogen-bond acceptors (Lipinski definition) is 7. The van der Waals surface area contributed by atoms with Crippen LogP contribution in [-0.2, 0) is 4.74 Å². The zero-order chi connectivity index (χ0) is 18.1. The number of esters is 1. The molecule has 0 amide bonds. The first-order valence-corrected chi connectivity index (χ1v) is 8.80. The van der Waals surface area contributed by atoms with E-state index < -0.39 is 12.1 Å². The van der Waals surface area contributed by atoms with Gasteiger partial charge in [0, 0.05) is 5.39 Å². The number of rotatable bonds is 4. The molecule has 0 radical (unpaired) electrons. The molecule has 0 bridgehead atoms. The van der Waals surface area contributed by atoms with Gasteiger partial charge in [-0.2, -0.15) is 0 Å². The van der Waals surface area contributed by atoms with Gasteiger partial charge in [0.2, 0.25) is 0 Å². The lowest BCUT2D eigenvalue weighted by molar-refractivity contribution is 0.0277. The van der Waals surface area contributed by atoms with Crippen molar-refractivity contribution in [3.8, 4) is 16.5 Å². The van der Waals surface area contributed by atoms with Crippen LogP contribution in [0.5, 0.6) is 5.75 Å². The van der Waals surface area contributed by atoms with Gasteiger partial charge in [-0.1, -0.05) is 36.4 Å². The van der Waals surface area contributed by atoms with E-state index in [4.69, 9.17) is 9.15 Å². The molecule has 4 rings (SSSR count). The molecule has 26 heavy (non-hydrogen) atoms. The fourth-order valence-corrected chi connectivity index (χ4v) is 3.24. The normalized spacial score (nSPS) is 12.2. The van der Waals surface area contributed by atoms with E-state index in [1.807, 2.05) is 29.6 Å². The Morgan fingerprint density at radius 2 is 2.00 bits per heavy atom. The number of aromatic nitrogens is 2. The average Bonchev–Trinajstić information content (AvgIpc) is 3.33. The van der Waals surface area contributed by atoms with Gasteiger partial charge in [-0.05, 0) is 29.8 Å². The quantitative estimate of drug-likeness (QED) is 0.532. The summed E-state index contributed by atoms with van der Waals surface area (Å²) in [6.07, 6.45) is -0.741. The lowest BCUT2D eigenvalue weighted by atomic mass is 10.1. The maximum atomic E-state index is 12.5. The topological polar surface area (TPSA) is 85.5 Å². The monoisotopic (exact) mass is 366 g/mol. The van der Waals surface area contributed by atoms with Gasteiger partial charge in [-0.15, -0.1) is 21.5 Å². The first-order valence-electron chi connectivity index (χ1n) is 7.92. The predicted octanol–water partition coefficient (Wildman–Crippen LogP) is 4.57. The number of fused-ring (bicyclic) bond motifs is 1. The maximum absolute atomic E-state index is 12.5. The van der Waals surface area contributed by atoms with Crippen molar-refractivity contribution >= 4 is 28.1 Å². The Hall–Kier alpha value is -3.19. The molecule has 0 aliphatic rings. The number of thiophene rings is 1. The largest absolute Gasteiger partial charge is 0.506 e. The summed E-state index contributed by atoms with van der Waals surface area (Å²) in [6, 6.07) is 14.3. The van der Waals surface area contributed by atoms with Crippen LogP contribution in [0.3, 0.4) is 0 Å². The Bertz CT molecular complexity index is 1070. The molecule has 2 aromatic heterocycles. The van der Waals surface area contributed by atoms with E-state index >= 15 is 0 Å². The lowest BCUT2D eigenvalue weighted by Gasteiger charge is -2.11. The highest BCUT2D eigenvalue weighted by Gasteiger charge is 2.22. The third-order valence-electron chi connectivity index (χ3n) is 3.92. The molecule has 1 N–H and O–H groups in total. The fourth-order valence-electron chi connectivity index (χ4n) is 2.59. The molecule has 0 aliphatic carbocycles. The molecule has 0 saturated heterocycles. The molecule has 0 fully saturated rings. The molecule has 0 aliphatic heterocycles. The zero-order valence-electron chi connectivity index (χ0n) is 13.7. The number of carbonyl (C=O) groups excluding carboxylic acids is 1. The van der Waals surface area contributed by atoms with Gasteiger partial charge in [0.1, 0.15) is 11.3 Å². The Morgan fingerprint density at radius 3 is 2.81 bits per heavy atom. The van der Waals surface area contributed by atoms with Gasteiger partial charge in [0.25, 0.3) is 11.8 Å². The van der Waals surface area contributed by atoms with Crippen LogP contribution in [-0.4, -0.2) is 21.3 Å². The molecule has 1 atom stereocenters. The van der Waals surface area contributed by atoms with E-state index in [1.165, 1.54) is 17.4 Å². The lowest BCUT2D eigenvalue weighted by Crippen LogP contribution is -2.10. The number of nitrogens with zero attached hydrogens (tertiary/aromatic N) is 2. The van der Waals surface area contributed by atoms with Crippen molar-refractivity contribution in [2.24, 2.45) is 0 Å². The highest BCUT2D eigenvalue weighted by molar-refractivity contribution is 7.13. The van der Waals surface area contributed by atoms with Crippen LogP contribution in [0.4, 0.5) is 0 Å². The second kappa shape index (κ2) is 6.61. The first kappa shape index (κ1) is 16.3. The summed E-state index contributed by atoms with van der Waals surface area (Å²) in [5.41, 5.74) is 0.0912. The molecule has 0 spiro atoms. The smallest absolute Gasteiger partial charge is 0.342 e. The Balaban J connectivity index is 1.55. The van der Waals surface area contributed by atoms with E-state index in [2.05, 4.69) is 10.2 Å². The van der Waals surface area contributed by atoms with E-state index in [-0.39, 0.29) is 17.2 Å². The van der Waals surface area contributed by atoms with Crippen LogP contribution in [0, 0.1) is 0 Å². The summed E-state index contributed by atoms with van der Waals surface area (Å²) in [4.78, 5) is 13.3. The molecule has 2 aromatic carbocycles. The molecule has 6 nitrogen and oxygen atoms in total. The average molecular weight is 366 g/mol. The van der Waals surface area contributed by atoms with Gasteiger partial charge in [-0.25, -0.2) is 4.79 Å². The van der Waals surface area contributed by atoms with Crippen LogP contribution >= 0.6 is 11.3 Å². The minimum absolute atomic E-state index is 0.0912. The summed E-state index contributed by atoms with van der Waals surface area (Å²) in [7, 11) is 0. The minimum Gasteiger partial charge on any atom is -0.506 e. The van der Waals surface area contributed by atoms with Crippen molar-refractivity contribution < 1.29 is 19.1 Å². The van der Waals surface area contributed by atoms with E-state index in [0.717, 1.165) is 10.3 Å². The van der Waals surface area contributed by atoms with Crippen LogP contribution in [0.2, 0.25) is 0 Å². The minimum atomic E-state index is -0.741. The van der Waals surface area contributed by atoms with Crippen molar-refractivity contribution in [1.29, 1.82) is 0 Å². The molecule has 130 valence electrons. The Morgan fingerprint density at radius 1 is 1.15 bits per heavy atom. The summed E-state index contributed by atoms with van der Waals surface area (Å²) in [6.45, 7) is 1.64. The van der Waals surface area contributed by atoms with E-state index in [1.54, 1.807) is 25.1 Å². The van der Waals surface area contributed by atoms with E-state index in [0.29, 0.717) is 11.3 Å². The summed E-state index contributed by atoms with van der Waals surface area (Å²) >= 11 is 1.48. The van der Waals surface area contributed by atoms with Crippen molar-refractivity contribution in [2.75, 3.05) is 0 Å². The third kappa shape index (κ3) is 2.93. The third-order valence-corrected chi connectivity index (χ3v) is 4.78. The Kier molecular flexibility index (Phi) is 4.14. The second-order valence-corrected chi connectivity index (χ2v) is 6.60. The number of benzene rings is 2. The SMILES string of the molecule is C[C@H](OC(=O)c1ccc2ccccc2c1O)c1nnc(-c2cccs2)o1. The van der Waals surface area contributed by atoms with Crippen molar-refractivity contribution in [2.45, 2.75) is 13.0 Å². The first-order chi connectivity index (χ1) is 12.6. The molecule has 0 unspecified atom stereocenters.